The van der Waals surface area contributed by atoms with Crippen LogP contribution in [0.1, 0.15) is 27.8 Å². The Labute approximate surface area is 201 Å². The molecule has 0 saturated carbocycles. The van der Waals surface area contributed by atoms with Gasteiger partial charge in [-0.15, -0.1) is 0 Å². The third kappa shape index (κ3) is 3.26. The Morgan fingerprint density at radius 2 is 1.18 bits per heavy atom. The van der Waals surface area contributed by atoms with Crippen LogP contribution in [0.5, 0.6) is 0 Å². The van der Waals surface area contributed by atoms with Gasteiger partial charge >= 0.3 is 0 Å². The number of benzene rings is 5. The van der Waals surface area contributed by atoms with Gasteiger partial charge < -0.3 is 5.11 Å². The van der Waals surface area contributed by atoms with Gasteiger partial charge in [-0.2, -0.15) is 0 Å². The zero-order valence-corrected chi connectivity index (χ0v) is 19.5. The molecule has 1 nitrogen and oxygen atoms in total. The molecule has 158 valence electrons. The van der Waals surface area contributed by atoms with Crippen molar-refractivity contribution in [3.8, 4) is 11.1 Å². The van der Waals surface area contributed by atoms with Gasteiger partial charge in [0.15, 0.2) is 0 Å². The molecule has 0 radical (unpaired) electrons. The Kier molecular flexibility index (Phi) is 4.79. The number of rotatable bonds is 2. The second kappa shape index (κ2) is 7.84. The van der Waals surface area contributed by atoms with Crippen LogP contribution in [0, 0.1) is 0 Å². The molecule has 0 heterocycles. The first kappa shape index (κ1) is 20.2. The molecule has 0 fully saturated rings. The molecule has 1 unspecified atom stereocenters. The summed E-state index contributed by atoms with van der Waals surface area (Å²) in [5, 5.41) is 15.1. The molecule has 6 rings (SSSR count). The lowest BCUT2D eigenvalue weighted by atomic mass is 9.74. The average molecular weight is 489 g/mol. The molecule has 0 aliphatic heterocycles. The van der Waals surface area contributed by atoms with E-state index in [0.717, 1.165) is 54.2 Å². The van der Waals surface area contributed by atoms with Crippen molar-refractivity contribution in [3.63, 3.8) is 0 Å². The largest absolute Gasteiger partial charge is 0.376 e. The predicted octanol–water partition coefficient (Wildman–Crippen LogP) is 8.04. The first-order valence-electron chi connectivity index (χ1n) is 11.0. The number of halogens is 1. The molecule has 1 N–H and O–H groups in total. The predicted molar refractivity (Wildman–Crippen MR) is 141 cm³/mol. The third-order valence-corrected chi connectivity index (χ3v) is 7.05. The molecular formula is C31H21BrO. The molecule has 1 aliphatic rings. The minimum Gasteiger partial charge on any atom is -0.376 e. The number of aliphatic hydroxyl groups is 1. The summed E-state index contributed by atoms with van der Waals surface area (Å²) in [6.07, 6.45) is 4.20. The molecule has 33 heavy (non-hydrogen) atoms. The molecule has 0 spiro atoms. The Bertz CT molecular complexity index is 1530. The number of hydrogen-bond donors (Lipinski definition) is 1. The average Bonchev–Trinajstić information content (AvgIpc) is 2.99. The maximum absolute atomic E-state index is 12.9. The molecule has 0 aromatic heterocycles. The summed E-state index contributed by atoms with van der Waals surface area (Å²) in [6.45, 7) is 0. The van der Waals surface area contributed by atoms with Crippen LogP contribution >= 0.6 is 15.9 Å². The zero-order valence-electron chi connectivity index (χ0n) is 17.9. The fourth-order valence-electron chi connectivity index (χ4n) is 4.97. The van der Waals surface area contributed by atoms with E-state index in [1.807, 2.05) is 54.6 Å². The fourth-order valence-corrected chi connectivity index (χ4v) is 5.33. The Balaban J connectivity index is 1.78. The van der Waals surface area contributed by atoms with Crippen molar-refractivity contribution >= 4 is 38.9 Å². The van der Waals surface area contributed by atoms with E-state index in [0.29, 0.717) is 0 Å². The maximum Gasteiger partial charge on any atom is 0.142 e. The van der Waals surface area contributed by atoms with Gasteiger partial charge in [0.05, 0.1) is 0 Å². The van der Waals surface area contributed by atoms with Crippen molar-refractivity contribution in [3.05, 3.63) is 141 Å². The minimum absolute atomic E-state index is 0.866. The summed E-state index contributed by atoms with van der Waals surface area (Å²) >= 11 is 3.65. The maximum atomic E-state index is 12.9. The van der Waals surface area contributed by atoms with Crippen LogP contribution in [-0.2, 0) is 5.60 Å². The monoisotopic (exact) mass is 488 g/mol. The Morgan fingerprint density at radius 3 is 1.97 bits per heavy atom. The van der Waals surface area contributed by atoms with Crippen LogP contribution in [-0.4, -0.2) is 5.11 Å². The van der Waals surface area contributed by atoms with Gasteiger partial charge in [0, 0.05) is 15.6 Å². The first-order valence-corrected chi connectivity index (χ1v) is 11.8. The van der Waals surface area contributed by atoms with E-state index in [1.165, 1.54) is 0 Å². The molecule has 2 heteroatoms. The van der Waals surface area contributed by atoms with E-state index in [4.69, 9.17) is 0 Å². The molecule has 1 aliphatic carbocycles. The van der Waals surface area contributed by atoms with Gasteiger partial charge in [0.1, 0.15) is 5.60 Å². The van der Waals surface area contributed by atoms with Crippen LogP contribution in [0.2, 0.25) is 0 Å². The van der Waals surface area contributed by atoms with E-state index in [9.17, 15) is 5.11 Å². The lowest BCUT2D eigenvalue weighted by Gasteiger charge is -2.34. The summed E-state index contributed by atoms with van der Waals surface area (Å²) in [6, 6.07) is 37.3. The van der Waals surface area contributed by atoms with Crippen molar-refractivity contribution in [1.82, 2.24) is 0 Å². The SMILES string of the molecule is OC1(c2cc3ccccc3cc2-c2ccccc2)c2ccccc2C=Cc2ccc(Br)cc21. The van der Waals surface area contributed by atoms with Crippen molar-refractivity contribution in [2.24, 2.45) is 0 Å². The van der Waals surface area contributed by atoms with E-state index in [-0.39, 0.29) is 0 Å². The standard InChI is InChI=1S/C31H21BrO/c32-26-17-16-23-15-14-22-10-6-7-13-28(22)31(33,29(23)20-26)30-19-25-12-5-4-11-24(25)18-27(30)21-8-2-1-3-9-21/h1-20,33H. The van der Waals surface area contributed by atoms with Gasteiger partial charge in [-0.25, -0.2) is 0 Å². The van der Waals surface area contributed by atoms with Crippen LogP contribution in [0.4, 0.5) is 0 Å². The van der Waals surface area contributed by atoms with E-state index in [1.54, 1.807) is 0 Å². The Hall–Kier alpha value is -3.46. The van der Waals surface area contributed by atoms with Crippen molar-refractivity contribution in [2.45, 2.75) is 5.60 Å². The summed E-state index contributed by atoms with van der Waals surface area (Å²) < 4.78 is 0.939. The summed E-state index contributed by atoms with van der Waals surface area (Å²) in [4.78, 5) is 0. The molecule has 0 amide bonds. The fraction of sp³-hybridized carbons (Fsp3) is 0.0323. The lowest BCUT2D eigenvalue weighted by molar-refractivity contribution is 0.126. The lowest BCUT2D eigenvalue weighted by Crippen LogP contribution is -2.31. The van der Waals surface area contributed by atoms with Gasteiger partial charge in [0.25, 0.3) is 0 Å². The first-order chi connectivity index (χ1) is 16.1. The molecule has 5 aromatic carbocycles. The second-order valence-electron chi connectivity index (χ2n) is 8.47. The van der Waals surface area contributed by atoms with Crippen LogP contribution in [0.25, 0.3) is 34.1 Å². The number of hydrogen-bond acceptors (Lipinski definition) is 1. The molecule has 0 bridgehead atoms. The highest BCUT2D eigenvalue weighted by Crippen LogP contribution is 2.47. The summed E-state index contributed by atoms with van der Waals surface area (Å²) in [5.41, 5.74) is 5.41. The smallest absolute Gasteiger partial charge is 0.142 e. The highest BCUT2D eigenvalue weighted by Gasteiger charge is 2.40. The van der Waals surface area contributed by atoms with Gasteiger partial charge in [-0.05, 0) is 62.9 Å². The molecule has 0 saturated heterocycles. The van der Waals surface area contributed by atoms with Crippen molar-refractivity contribution in [2.75, 3.05) is 0 Å². The highest BCUT2D eigenvalue weighted by molar-refractivity contribution is 9.10. The normalized spacial score (nSPS) is 16.8. The van der Waals surface area contributed by atoms with Crippen LogP contribution in [0.15, 0.2) is 114 Å². The van der Waals surface area contributed by atoms with Gasteiger partial charge in [0.2, 0.25) is 0 Å². The Morgan fingerprint density at radius 1 is 0.545 bits per heavy atom. The highest BCUT2D eigenvalue weighted by atomic mass is 79.9. The van der Waals surface area contributed by atoms with Gasteiger partial charge in [-0.3, -0.25) is 0 Å². The van der Waals surface area contributed by atoms with E-state index >= 15 is 0 Å². The molecular weight excluding hydrogens is 468 g/mol. The quantitative estimate of drug-likeness (QED) is 0.266. The second-order valence-corrected chi connectivity index (χ2v) is 9.39. The molecule has 5 aromatic rings. The van der Waals surface area contributed by atoms with E-state index in [2.05, 4.69) is 82.7 Å². The number of fused-ring (bicyclic) bond motifs is 3. The van der Waals surface area contributed by atoms with Crippen molar-refractivity contribution in [1.29, 1.82) is 0 Å². The zero-order chi connectivity index (χ0) is 22.4. The topological polar surface area (TPSA) is 20.2 Å². The van der Waals surface area contributed by atoms with Gasteiger partial charge in [-0.1, -0.05) is 113 Å². The minimum atomic E-state index is -1.34. The van der Waals surface area contributed by atoms with Crippen molar-refractivity contribution < 1.29 is 5.11 Å². The molecule has 1 atom stereocenters. The van der Waals surface area contributed by atoms with E-state index < -0.39 is 5.60 Å². The summed E-state index contributed by atoms with van der Waals surface area (Å²) in [5.74, 6) is 0. The van der Waals surface area contributed by atoms with Crippen LogP contribution in [0.3, 0.4) is 0 Å². The third-order valence-electron chi connectivity index (χ3n) is 6.56. The summed E-state index contributed by atoms with van der Waals surface area (Å²) in [7, 11) is 0. The van der Waals surface area contributed by atoms with Crippen LogP contribution < -0.4 is 0 Å².